The predicted octanol–water partition coefficient (Wildman–Crippen LogP) is 1.77. The van der Waals surface area contributed by atoms with E-state index in [1.807, 2.05) is 0 Å². The summed E-state index contributed by atoms with van der Waals surface area (Å²) in [7, 11) is 1.20. The molecule has 0 saturated carbocycles. The number of nitro benzene ring substituents is 1. The highest BCUT2D eigenvalue weighted by atomic mass is 32.2. The summed E-state index contributed by atoms with van der Waals surface area (Å²) in [6, 6.07) is 4.03. The summed E-state index contributed by atoms with van der Waals surface area (Å²) in [6.07, 6.45) is 1.97. The molecular weight excluding hydrogens is 336 g/mol. The van der Waals surface area contributed by atoms with Crippen LogP contribution in [-0.2, 0) is 14.3 Å². The molecule has 1 atom stereocenters. The molecule has 1 aliphatic rings. The molecule has 1 aliphatic heterocycles. The Morgan fingerprint density at radius 3 is 2.92 bits per heavy atom. The van der Waals surface area contributed by atoms with E-state index in [4.69, 9.17) is 4.74 Å². The van der Waals surface area contributed by atoms with Crippen LogP contribution in [0.5, 0.6) is 0 Å². The van der Waals surface area contributed by atoms with Crippen molar-refractivity contribution in [3.8, 4) is 0 Å². The molecule has 1 amide bonds. The summed E-state index contributed by atoms with van der Waals surface area (Å²) in [5.74, 6) is -0.823. The Morgan fingerprint density at radius 2 is 2.29 bits per heavy atom. The molecule has 24 heavy (non-hydrogen) atoms. The average molecular weight is 354 g/mol. The minimum absolute atomic E-state index is 0.0468. The molecule has 1 aromatic rings. The summed E-state index contributed by atoms with van der Waals surface area (Å²) in [4.78, 5) is 34.2. The fraction of sp³-hybridized carbons (Fsp3) is 0.467. The number of hydrogen-bond acceptors (Lipinski definition) is 7. The van der Waals surface area contributed by atoms with Gasteiger partial charge in [-0.1, -0.05) is 0 Å². The highest BCUT2D eigenvalue weighted by molar-refractivity contribution is 8.00. The fourth-order valence-corrected chi connectivity index (χ4v) is 3.09. The van der Waals surface area contributed by atoms with E-state index in [0.29, 0.717) is 18.0 Å². The van der Waals surface area contributed by atoms with Crippen molar-refractivity contribution < 1.29 is 24.0 Å². The summed E-state index contributed by atoms with van der Waals surface area (Å²) >= 11 is 1.05. The number of rotatable bonds is 7. The number of benzene rings is 1. The van der Waals surface area contributed by atoms with Gasteiger partial charge in [0.1, 0.15) is 0 Å². The molecule has 9 heteroatoms. The van der Waals surface area contributed by atoms with Gasteiger partial charge in [-0.3, -0.25) is 14.9 Å². The van der Waals surface area contributed by atoms with Crippen molar-refractivity contribution in [2.45, 2.75) is 23.8 Å². The second kappa shape index (κ2) is 8.65. The molecule has 1 fully saturated rings. The summed E-state index contributed by atoms with van der Waals surface area (Å²) in [6.45, 7) is 1.16. The third-order valence-electron chi connectivity index (χ3n) is 3.49. The van der Waals surface area contributed by atoms with Crippen molar-refractivity contribution in [2.24, 2.45) is 0 Å². The molecule has 0 spiro atoms. The molecule has 0 aliphatic carbocycles. The predicted molar refractivity (Wildman–Crippen MR) is 87.1 cm³/mol. The van der Waals surface area contributed by atoms with Gasteiger partial charge in [-0.25, -0.2) is 4.79 Å². The van der Waals surface area contributed by atoms with E-state index in [9.17, 15) is 19.7 Å². The topological polar surface area (TPSA) is 108 Å². The highest BCUT2D eigenvalue weighted by Gasteiger charge is 2.20. The van der Waals surface area contributed by atoms with Crippen molar-refractivity contribution in [3.63, 3.8) is 0 Å². The zero-order chi connectivity index (χ0) is 17.5. The zero-order valence-electron chi connectivity index (χ0n) is 13.1. The Balaban J connectivity index is 1.94. The zero-order valence-corrected chi connectivity index (χ0v) is 14.0. The monoisotopic (exact) mass is 354 g/mol. The lowest BCUT2D eigenvalue weighted by molar-refractivity contribution is -0.387. The molecular formula is C15H18N2O6S. The Kier molecular flexibility index (Phi) is 6.56. The van der Waals surface area contributed by atoms with E-state index in [2.05, 4.69) is 10.1 Å². The first-order chi connectivity index (χ1) is 11.5. The largest absolute Gasteiger partial charge is 0.465 e. The molecule has 1 aromatic carbocycles. The molecule has 0 aromatic heterocycles. The van der Waals surface area contributed by atoms with Gasteiger partial charge in [0.25, 0.3) is 5.69 Å². The van der Waals surface area contributed by atoms with Crippen LogP contribution in [0.2, 0.25) is 0 Å². The van der Waals surface area contributed by atoms with Crippen molar-refractivity contribution in [1.29, 1.82) is 0 Å². The number of nitro groups is 1. The standard InChI is InChI=1S/C15H18N2O6S/c1-22-15(19)10-4-5-13(12(7-10)17(20)21)24-9-14(18)16-8-11-3-2-6-23-11/h4-5,7,11H,2-3,6,8-9H2,1H3,(H,16,18). The Labute approximate surface area is 143 Å². The number of ether oxygens (including phenoxy) is 2. The normalized spacial score (nSPS) is 16.6. The lowest BCUT2D eigenvalue weighted by Crippen LogP contribution is -2.32. The van der Waals surface area contributed by atoms with Crippen LogP contribution in [-0.4, -0.2) is 48.9 Å². The molecule has 8 nitrogen and oxygen atoms in total. The lowest BCUT2D eigenvalue weighted by Gasteiger charge is -2.10. The van der Waals surface area contributed by atoms with Gasteiger partial charge in [0, 0.05) is 19.2 Å². The fourth-order valence-electron chi connectivity index (χ4n) is 2.25. The van der Waals surface area contributed by atoms with Crippen LogP contribution in [0.1, 0.15) is 23.2 Å². The quantitative estimate of drug-likeness (QED) is 0.344. The minimum atomic E-state index is -0.649. The molecule has 1 saturated heterocycles. The van der Waals surface area contributed by atoms with Crippen LogP contribution in [0.3, 0.4) is 0 Å². The van der Waals surface area contributed by atoms with Gasteiger partial charge in [-0.15, -0.1) is 11.8 Å². The van der Waals surface area contributed by atoms with Crippen LogP contribution >= 0.6 is 11.8 Å². The first-order valence-corrected chi connectivity index (χ1v) is 8.37. The van der Waals surface area contributed by atoms with E-state index in [1.165, 1.54) is 19.2 Å². The van der Waals surface area contributed by atoms with Gasteiger partial charge >= 0.3 is 5.97 Å². The minimum Gasteiger partial charge on any atom is -0.465 e. The van der Waals surface area contributed by atoms with Gasteiger partial charge in [0.05, 0.1) is 34.3 Å². The van der Waals surface area contributed by atoms with Crippen LogP contribution in [0.15, 0.2) is 23.1 Å². The third kappa shape index (κ3) is 4.93. The molecule has 1 N–H and O–H groups in total. The van der Waals surface area contributed by atoms with E-state index < -0.39 is 10.9 Å². The number of hydrogen-bond donors (Lipinski definition) is 1. The maximum absolute atomic E-state index is 11.8. The average Bonchev–Trinajstić information content (AvgIpc) is 3.10. The van der Waals surface area contributed by atoms with Gasteiger partial charge in [-0.05, 0) is 25.0 Å². The first-order valence-electron chi connectivity index (χ1n) is 7.39. The number of carbonyl (C=O) groups is 2. The molecule has 0 bridgehead atoms. The summed E-state index contributed by atoms with van der Waals surface area (Å²) in [5.41, 5.74) is -0.133. The maximum atomic E-state index is 11.8. The number of nitrogens with one attached hydrogen (secondary N) is 1. The molecule has 1 unspecified atom stereocenters. The first kappa shape index (κ1) is 18.2. The van der Waals surface area contributed by atoms with E-state index in [-0.39, 0.29) is 29.0 Å². The van der Waals surface area contributed by atoms with Gasteiger partial charge in [-0.2, -0.15) is 0 Å². The molecule has 2 rings (SSSR count). The summed E-state index contributed by atoms with van der Waals surface area (Å²) in [5, 5.41) is 13.9. The molecule has 1 heterocycles. The number of methoxy groups -OCH3 is 1. The van der Waals surface area contributed by atoms with Crippen molar-refractivity contribution in [3.05, 3.63) is 33.9 Å². The van der Waals surface area contributed by atoms with Crippen molar-refractivity contribution in [2.75, 3.05) is 26.0 Å². The third-order valence-corrected chi connectivity index (χ3v) is 4.55. The SMILES string of the molecule is COC(=O)c1ccc(SCC(=O)NCC2CCCO2)c([N+](=O)[O-])c1. The van der Waals surface area contributed by atoms with E-state index >= 15 is 0 Å². The smallest absolute Gasteiger partial charge is 0.338 e. The maximum Gasteiger partial charge on any atom is 0.338 e. The van der Waals surface area contributed by atoms with E-state index in [0.717, 1.165) is 30.7 Å². The number of nitrogens with zero attached hydrogens (tertiary/aromatic N) is 1. The Bertz CT molecular complexity index is 630. The van der Waals surface area contributed by atoms with Crippen LogP contribution < -0.4 is 5.32 Å². The second-order valence-corrected chi connectivity index (χ2v) is 6.18. The van der Waals surface area contributed by atoms with Gasteiger partial charge in [0.15, 0.2) is 0 Å². The van der Waals surface area contributed by atoms with Crippen molar-refractivity contribution in [1.82, 2.24) is 5.32 Å². The summed E-state index contributed by atoms with van der Waals surface area (Å²) < 4.78 is 9.95. The van der Waals surface area contributed by atoms with Crippen LogP contribution in [0, 0.1) is 10.1 Å². The second-order valence-electron chi connectivity index (χ2n) is 5.16. The lowest BCUT2D eigenvalue weighted by atomic mass is 10.2. The van der Waals surface area contributed by atoms with Crippen LogP contribution in [0.25, 0.3) is 0 Å². The number of carbonyl (C=O) groups excluding carboxylic acids is 2. The van der Waals surface area contributed by atoms with Gasteiger partial charge < -0.3 is 14.8 Å². The van der Waals surface area contributed by atoms with Crippen LogP contribution in [0.4, 0.5) is 5.69 Å². The Hall–Kier alpha value is -2.13. The Morgan fingerprint density at radius 1 is 1.50 bits per heavy atom. The molecule has 130 valence electrons. The van der Waals surface area contributed by atoms with E-state index in [1.54, 1.807) is 0 Å². The molecule has 0 radical (unpaired) electrons. The number of amides is 1. The number of esters is 1. The van der Waals surface area contributed by atoms with Gasteiger partial charge in [0.2, 0.25) is 5.91 Å². The highest BCUT2D eigenvalue weighted by Crippen LogP contribution is 2.30. The van der Waals surface area contributed by atoms with Crippen molar-refractivity contribution >= 4 is 29.3 Å². The number of thioether (sulfide) groups is 1.